The zero-order valence-electron chi connectivity index (χ0n) is 11.4. The second-order valence-corrected chi connectivity index (χ2v) is 4.46. The standard InChI is InChI=1S/C17H14O4/c1-12-7-9-13(10-8-12)15(18)11-16(19)17(20)21-14-5-3-2-4-6-14/h2-11,18H,1H3/b15-11-. The normalized spacial score (nSPS) is 11.0. The molecule has 4 nitrogen and oxygen atoms in total. The molecule has 0 aliphatic rings. The molecule has 0 aliphatic carbocycles. The minimum Gasteiger partial charge on any atom is -0.507 e. The van der Waals surface area contributed by atoms with E-state index in [0.29, 0.717) is 5.56 Å². The number of rotatable bonds is 4. The van der Waals surface area contributed by atoms with Crippen LogP contribution in [0.4, 0.5) is 0 Å². The Morgan fingerprint density at radius 3 is 2.24 bits per heavy atom. The summed E-state index contributed by atoms with van der Waals surface area (Å²) < 4.78 is 4.89. The van der Waals surface area contributed by atoms with Gasteiger partial charge < -0.3 is 9.84 Å². The highest BCUT2D eigenvalue weighted by Gasteiger charge is 2.15. The van der Waals surface area contributed by atoms with Crippen LogP contribution in [0.3, 0.4) is 0 Å². The van der Waals surface area contributed by atoms with Crippen molar-refractivity contribution in [2.75, 3.05) is 0 Å². The molecule has 0 aliphatic heterocycles. The van der Waals surface area contributed by atoms with E-state index in [9.17, 15) is 14.7 Å². The topological polar surface area (TPSA) is 63.6 Å². The fraction of sp³-hybridized carbons (Fsp3) is 0.0588. The van der Waals surface area contributed by atoms with Crippen molar-refractivity contribution in [3.63, 3.8) is 0 Å². The summed E-state index contributed by atoms with van der Waals surface area (Å²) >= 11 is 0. The van der Waals surface area contributed by atoms with Crippen molar-refractivity contribution < 1.29 is 19.4 Å². The third kappa shape index (κ3) is 4.04. The molecular formula is C17H14O4. The zero-order chi connectivity index (χ0) is 15.2. The Morgan fingerprint density at radius 1 is 1.00 bits per heavy atom. The van der Waals surface area contributed by atoms with Crippen molar-refractivity contribution in [1.29, 1.82) is 0 Å². The molecule has 2 rings (SSSR count). The van der Waals surface area contributed by atoms with Crippen LogP contribution in [0.2, 0.25) is 0 Å². The molecule has 21 heavy (non-hydrogen) atoms. The van der Waals surface area contributed by atoms with Gasteiger partial charge in [-0.1, -0.05) is 48.0 Å². The van der Waals surface area contributed by atoms with E-state index in [1.165, 1.54) is 0 Å². The largest absolute Gasteiger partial charge is 0.507 e. The molecule has 0 atom stereocenters. The van der Waals surface area contributed by atoms with Gasteiger partial charge in [-0.05, 0) is 19.1 Å². The second-order valence-electron chi connectivity index (χ2n) is 4.46. The average Bonchev–Trinajstić information content (AvgIpc) is 2.48. The van der Waals surface area contributed by atoms with E-state index in [0.717, 1.165) is 11.6 Å². The maximum absolute atomic E-state index is 11.7. The monoisotopic (exact) mass is 282 g/mol. The highest BCUT2D eigenvalue weighted by Crippen LogP contribution is 2.13. The molecule has 0 unspecified atom stereocenters. The van der Waals surface area contributed by atoms with Crippen LogP contribution in [0.25, 0.3) is 5.76 Å². The van der Waals surface area contributed by atoms with Crippen LogP contribution in [-0.2, 0) is 9.59 Å². The number of hydrogen-bond donors (Lipinski definition) is 1. The number of carbonyl (C=O) groups is 2. The van der Waals surface area contributed by atoms with E-state index < -0.39 is 11.8 Å². The first kappa shape index (κ1) is 14.5. The fourth-order valence-electron chi connectivity index (χ4n) is 1.64. The van der Waals surface area contributed by atoms with Crippen molar-refractivity contribution in [1.82, 2.24) is 0 Å². The van der Waals surface area contributed by atoms with Gasteiger partial charge in [-0.3, -0.25) is 4.79 Å². The minimum atomic E-state index is -1.04. The van der Waals surface area contributed by atoms with Gasteiger partial charge in [0, 0.05) is 11.6 Å². The molecule has 0 aromatic heterocycles. The molecular weight excluding hydrogens is 268 g/mol. The van der Waals surface area contributed by atoms with Crippen LogP contribution < -0.4 is 4.74 Å². The molecule has 0 radical (unpaired) electrons. The van der Waals surface area contributed by atoms with Gasteiger partial charge >= 0.3 is 5.97 Å². The van der Waals surface area contributed by atoms with Crippen molar-refractivity contribution in [2.24, 2.45) is 0 Å². The first-order valence-corrected chi connectivity index (χ1v) is 6.35. The number of benzene rings is 2. The molecule has 0 heterocycles. The number of para-hydroxylation sites is 1. The molecule has 106 valence electrons. The smallest absolute Gasteiger partial charge is 0.384 e. The summed E-state index contributed by atoms with van der Waals surface area (Å²) in [6.07, 6.45) is 0.857. The average molecular weight is 282 g/mol. The molecule has 0 saturated carbocycles. The lowest BCUT2D eigenvalue weighted by Gasteiger charge is -2.02. The predicted octanol–water partition coefficient (Wildman–Crippen LogP) is 3.07. The third-order valence-electron chi connectivity index (χ3n) is 2.77. The lowest BCUT2D eigenvalue weighted by atomic mass is 10.1. The van der Waals surface area contributed by atoms with Crippen molar-refractivity contribution in [3.05, 3.63) is 71.8 Å². The molecule has 0 spiro atoms. The summed E-state index contributed by atoms with van der Waals surface area (Å²) in [5.74, 6) is -1.96. The first-order chi connectivity index (χ1) is 10.1. The molecule has 2 aromatic carbocycles. The third-order valence-corrected chi connectivity index (χ3v) is 2.77. The summed E-state index contributed by atoms with van der Waals surface area (Å²) in [4.78, 5) is 23.3. The summed E-state index contributed by atoms with van der Waals surface area (Å²) in [5.41, 5.74) is 1.49. The molecule has 0 bridgehead atoms. The maximum Gasteiger partial charge on any atom is 0.384 e. The van der Waals surface area contributed by atoms with E-state index in [4.69, 9.17) is 4.74 Å². The van der Waals surface area contributed by atoms with Gasteiger partial charge in [0.2, 0.25) is 0 Å². The lowest BCUT2D eigenvalue weighted by molar-refractivity contribution is -0.144. The summed E-state index contributed by atoms with van der Waals surface area (Å²) in [6, 6.07) is 15.2. The van der Waals surface area contributed by atoms with Gasteiger partial charge in [-0.2, -0.15) is 0 Å². The fourth-order valence-corrected chi connectivity index (χ4v) is 1.64. The second kappa shape index (κ2) is 6.52. The summed E-state index contributed by atoms with van der Waals surface area (Å²) in [6.45, 7) is 1.91. The van der Waals surface area contributed by atoms with Gasteiger partial charge in [0.25, 0.3) is 5.78 Å². The minimum absolute atomic E-state index is 0.273. The van der Waals surface area contributed by atoms with E-state index in [2.05, 4.69) is 0 Å². The van der Waals surface area contributed by atoms with Crippen LogP contribution in [0.1, 0.15) is 11.1 Å². The van der Waals surface area contributed by atoms with Gasteiger partial charge in [0.05, 0.1) is 0 Å². The van der Waals surface area contributed by atoms with Crippen molar-refractivity contribution in [3.8, 4) is 5.75 Å². The molecule has 1 N–H and O–H groups in total. The molecule has 4 heteroatoms. The van der Waals surface area contributed by atoms with E-state index in [-0.39, 0.29) is 11.5 Å². The zero-order valence-corrected chi connectivity index (χ0v) is 11.4. The number of ether oxygens (including phenoxy) is 1. The Balaban J connectivity index is 2.07. The molecule has 2 aromatic rings. The highest BCUT2D eigenvalue weighted by atomic mass is 16.5. The molecule has 0 fully saturated rings. The van der Waals surface area contributed by atoms with Gasteiger partial charge in [0.15, 0.2) is 0 Å². The Bertz CT molecular complexity index is 670. The number of aliphatic hydroxyl groups excluding tert-OH is 1. The van der Waals surface area contributed by atoms with E-state index >= 15 is 0 Å². The van der Waals surface area contributed by atoms with E-state index in [1.54, 1.807) is 54.6 Å². The van der Waals surface area contributed by atoms with Gasteiger partial charge in [-0.25, -0.2) is 4.79 Å². The Labute approximate surface area is 122 Å². The molecule has 0 amide bonds. The number of carbonyl (C=O) groups excluding carboxylic acids is 2. The Hall–Kier alpha value is -2.88. The number of aryl methyl sites for hydroxylation is 1. The number of ketones is 1. The number of hydrogen-bond acceptors (Lipinski definition) is 4. The maximum atomic E-state index is 11.7. The lowest BCUT2D eigenvalue weighted by Crippen LogP contribution is -2.18. The summed E-state index contributed by atoms with van der Waals surface area (Å²) in [7, 11) is 0. The van der Waals surface area contributed by atoms with Crippen molar-refractivity contribution in [2.45, 2.75) is 6.92 Å². The van der Waals surface area contributed by atoms with Crippen LogP contribution >= 0.6 is 0 Å². The highest BCUT2D eigenvalue weighted by molar-refractivity contribution is 6.39. The van der Waals surface area contributed by atoms with E-state index in [1.807, 2.05) is 6.92 Å². The predicted molar refractivity (Wildman–Crippen MR) is 78.9 cm³/mol. The van der Waals surface area contributed by atoms with Crippen molar-refractivity contribution >= 4 is 17.5 Å². The quantitative estimate of drug-likeness (QED) is 0.308. The Kier molecular flexibility index (Phi) is 4.51. The summed E-state index contributed by atoms with van der Waals surface area (Å²) in [5, 5.41) is 9.83. The first-order valence-electron chi connectivity index (χ1n) is 6.35. The number of aliphatic hydroxyl groups is 1. The SMILES string of the molecule is Cc1ccc(/C(O)=C/C(=O)C(=O)Oc2ccccc2)cc1. The van der Waals surface area contributed by atoms with Crippen LogP contribution in [0.5, 0.6) is 5.75 Å². The van der Waals surface area contributed by atoms with Crippen LogP contribution in [0, 0.1) is 6.92 Å². The number of esters is 1. The van der Waals surface area contributed by atoms with Crippen LogP contribution in [-0.4, -0.2) is 16.9 Å². The van der Waals surface area contributed by atoms with Gasteiger partial charge in [-0.15, -0.1) is 0 Å². The molecule has 0 saturated heterocycles. The van der Waals surface area contributed by atoms with Gasteiger partial charge in [0.1, 0.15) is 11.5 Å². The van der Waals surface area contributed by atoms with Crippen LogP contribution in [0.15, 0.2) is 60.7 Å². The Morgan fingerprint density at radius 2 is 1.62 bits per heavy atom.